The van der Waals surface area contributed by atoms with Crippen LogP contribution in [0.4, 0.5) is 0 Å². The molecule has 1 aromatic heterocycles. The summed E-state index contributed by atoms with van der Waals surface area (Å²) in [5.74, 6) is 1.97. The van der Waals surface area contributed by atoms with Crippen LogP contribution in [0.15, 0.2) is 22.7 Å². The number of methoxy groups -OCH3 is 1. The Hall–Kier alpha value is -1.88. The lowest BCUT2D eigenvalue weighted by Crippen LogP contribution is -1.99. The van der Waals surface area contributed by atoms with Crippen molar-refractivity contribution in [1.82, 2.24) is 10.1 Å². The molecule has 0 aliphatic heterocycles. The SMILES string of the molecule is COc1cc(C)ccc1-c1noc(CCCCN)n1. The predicted octanol–water partition coefficient (Wildman–Crippen LogP) is 2.34. The zero-order valence-corrected chi connectivity index (χ0v) is 11.3. The molecule has 102 valence electrons. The summed E-state index contributed by atoms with van der Waals surface area (Å²) in [6.45, 7) is 2.70. The number of ether oxygens (including phenoxy) is 1. The van der Waals surface area contributed by atoms with Gasteiger partial charge in [0.2, 0.25) is 11.7 Å². The van der Waals surface area contributed by atoms with Crippen LogP contribution in [0, 0.1) is 6.92 Å². The second-order valence-electron chi connectivity index (χ2n) is 4.46. The van der Waals surface area contributed by atoms with Crippen LogP contribution in [0.1, 0.15) is 24.3 Å². The van der Waals surface area contributed by atoms with E-state index in [1.165, 1.54) is 0 Å². The zero-order valence-electron chi connectivity index (χ0n) is 11.3. The largest absolute Gasteiger partial charge is 0.496 e. The molecule has 0 aliphatic rings. The lowest BCUT2D eigenvalue weighted by molar-refractivity contribution is 0.374. The quantitative estimate of drug-likeness (QED) is 0.808. The first-order valence-corrected chi connectivity index (χ1v) is 6.42. The van der Waals surface area contributed by atoms with Gasteiger partial charge in [-0.3, -0.25) is 0 Å². The summed E-state index contributed by atoms with van der Waals surface area (Å²) in [6, 6.07) is 5.91. The Morgan fingerprint density at radius 3 is 2.89 bits per heavy atom. The van der Waals surface area contributed by atoms with Crippen LogP contribution in [0.25, 0.3) is 11.4 Å². The standard InChI is InChI=1S/C14H19N3O2/c1-10-6-7-11(12(9-10)18-2)14-16-13(19-17-14)5-3-4-8-15/h6-7,9H,3-5,8,15H2,1-2H3. The molecular weight excluding hydrogens is 242 g/mol. The molecule has 0 bridgehead atoms. The number of aryl methyl sites for hydroxylation is 2. The van der Waals surface area contributed by atoms with Gasteiger partial charge in [0.25, 0.3) is 0 Å². The molecule has 2 N–H and O–H groups in total. The topological polar surface area (TPSA) is 74.2 Å². The van der Waals surface area contributed by atoms with Crippen molar-refractivity contribution < 1.29 is 9.26 Å². The molecule has 2 rings (SSSR count). The van der Waals surface area contributed by atoms with Crippen LogP contribution in [0.3, 0.4) is 0 Å². The fraction of sp³-hybridized carbons (Fsp3) is 0.429. The monoisotopic (exact) mass is 261 g/mol. The van der Waals surface area contributed by atoms with E-state index in [2.05, 4.69) is 10.1 Å². The van der Waals surface area contributed by atoms with Crippen LogP contribution in [-0.4, -0.2) is 23.8 Å². The van der Waals surface area contributed by atoms with Gasteiger partial charge in [-0.1, -0.05) is 11.2 Å². The molecule has 0 atom stereocenters. The van der Waals surface area contributed by atoms with Crippen LogP contribution >= 0.6 is 0 Å². The van der Waals surface area contributed by atoms with E-state index in [-0.39, 0.29) is 0 Å². The molecule has 0 fully saturated rings. The summed E-state index contributed by atoms with van der Waals surface area (Å²) < 4.78 is 10.6. The van der Waals surface area contributed by atoms with Crippen molar-refractivity contribution >= 4 is 0 Å². The minimum Gasteiger partial charge on any atom is -0.496 e. The van der Waals surface area contributed by atoms with Gasteiger partial charge in [0.15, 0.2) is 0 Å². The molecule has 0 saturated heterocycles. The molecule has 0 aliphatic carbocycles. The summed E-state index contributed by atoms with van der Waals surface area (Å²) >= 11 is 0. The van der Waals surface area contributed by atoms with E-state index in [0.29, 0.717) is 18.3 Å². The second kappa shape index (κ2) is 6.33. The highest BCUT2D eigenvalue weighted by Gasteiger charge is 2.13. The van der Waals surface area contributed by atoms with Crippen molar-refractivity contribution in [1.29, 1.82) is 0 Å². The Morgan fingerprint density at radius 2 is 2.16 bits per heavy atom. The molecule has 0 spiro atoms. The van der Waals surface area contributed by atoms with Crippen LogP contribution < -0.4 is 10.5 Å². The lowest BCUT2D eigenvalue weighted by atomic mass is 10.1. The van der Waals surface area contributed by atoms with Crippen LogP contribution in [0.5, 0.6) is 5.75 Å². The normalized spacial score (nSPS) is 10.7. The van der Waals surface area contributed by atoms with Gasteiger partial charge < -0.3 is 15.0 Å². The third kappa shape index (κ3) is 3.32. The first kappa shape index (κ1) is 13.5. The molecule has 2 aromatic rings. The molecule has 1 heterocycles. The minimum absolute atomic E-state index is 0.569. The second-order valence-corrected chi connectivity index (χ2v) is 4.46. The van der Waals surface area contributed by atoms with E-state index in [1.54, 1.807) is 7.11 Å². The summed E-state index contributed by atoms with van der Waals surface area (Å²) in [5, 5.41) is 4.01. The maximum Gasteiger partial charge on any atom is 0.226 e. The van der Waals surface area contributed by atoms with E-state index in [9.17, 15) is 0 Å². The molecule has 1 aromatic carbocycles. The molecule has 0 radical (unpaired) electrons. The first-order chi connectivity index (χ1) is 9.24. The molecule has 0 saturated carbocycles. The molecule has 19 heavy (non-hydrogen) atoms. The van der Waals surface area contributed by atoms with E-state index < -0.39 is 0 Å². The van der Waals surface area contributed by atoms with Crippen molar-refractivity contribution in [3.8, 4) is 17.1 Å². The maximum absolute atomic E-state index is 5.46. The maximum atomic E-state index is 5.46. The van der Waals surface area contributed by atoms with Crippen molar-refractivity contribution in [2.45, 2.75) is 26.2 Å². The predicted molar refractivity (Wildman–Crippen MR) is 73.0 cm³/mol. The van der Waals surface area contributed by atoms with Crippen molar-refractivity contribution in [3.63, 3.8) is 0 Å². The van der Waals surface area contributed by atoms with Gasteiger partial charge in [0.05, 0.1) is 12.7 Å². The first-order valence-electron chi connectivity index (χ1n) is 6.42. The Kier molecular flexibility index (Phi) is 4.52. The van der Waals surface area contributed by atoms with Crippen molar-refractivity contribution in [2.75, 3.05) is 13.7 Å². The lowest BCUT2D eigenvalue weighted by Gasteiger charge is -2.05. The number of nitrogens with two attached hydrogens (primary N) is 1. The molecule has 5 heteroatoms. The summed E-state index contributed by atoms with van der Waals surface area (Å²) in [5.41, 5.74) is 7.44. The van der Waals surface area contributed by atoms with Crippen LogP contribution in [-0.2, 0) is 6.42 Å². The fourth-order valence-electron chi connectivity index (χ4n) is 1.87. The minimum atomic E-state index is 0.569. The fourth-order valence-corrected chi connectivity index (χ4v) is 1.87. The number of aromatic nitrogens is 2. The molecule has 5 nitrogen and oxygen atoms in total. The number of hydrogen-bond donors (Lipinski definition) is 1. The summed E-state index contributed by atoms with van der Waals surface area (Å²) in [7, 11) is 1.64. The van der Waals surface area contributed by atoms with Gasteiger partial charge in [0.1, 0.15) is 5.75 Å². The summed E-state index contributed by atoms with van der Waals surface area (Å²) in [4.78, 5) is 4.39. The summed E-state index contributed by atoms with van der Waals surface area (Å²) in [6.07, 6.45) is 2.69. The van der Waals surface area contributed by atoms with Gasteiger partial charge in [-0.25, -0.2) is 0 Å². The van der Waals surface area contributed by atoms with Gasteiger partial charge in [0, 0.05) is 6.42 Å². The molecular formula is C14H19N3O2. The average molecular weight is 261 g/mol. The van der Waals surface area contributed by atoms with Crippen LogP contribution in [0.2, 0.25) is 0 Å². The van der Waals surface area contributed by atoms with Crippen molar-refractivity contribution in [3.05, 3.63) is 29.7 Å². The number of benzene rings is 1. The number of unbranched alkanes of at least 4 members (excludes halogenated alkanes) is 1. The highest BCUT2D eigenvalue weighted by atomic mass is 16.5. The molecule has 0 amide bonds. The van der Waals surface area contributed by atoms with Gasteiger partial charge >= 0.3 is 0 Å². The number of nitrogens with zero attached hydrogens (tertiary/aromatic N) is 2. The highest BCUT2D eigenvalue weighted by molar-refractivity contribution is 5.64. The Balaban J connectivity index is 2.18. The van der Waals surface area contributed by atoms with E-state index >= 15 is 0 Å². The third-order valence-electron chi connectivity index (χ3n) is 2.91. The highest BCUT2D eigenvalue weighted by Crippen LogP contribution is 2.28. The van der Waals surface area contributed by atoms with E-state index in [1.807, 2.05) is 25.1 Å². The van der Waals surface area contributed by atoms with E-state index in [0.717, 1.165) is 36.1 Å². The Labute approximate surface area is 112 Å². The zero-order chi connectivity index (χ0) is 13.7. The number of hydrogen-bond acceptors (Lipinski definition) is 5. The van der Waals surface area contributed by atoms with Gasteiger partial charge in [-0.2, -0.15) is 4.98 Å². The van der Waals surface area contributed by atoms with Gasteiger partial charge in [-0.15, -0.1) is 0 Å². The molecule has 0 unspecified atom stereocenters. The Morgan fingerprint density at radius 1 is 1.32 bits per heavy atom. The Bertz CT molecular complexity index is 537. The van der Waals surface area contributed by atoms with E-state index in [4.69, 9.17) is 15.0 Å². The third-order valence-corrected chi connectivity index (χ3v) is 2.91. The number of rotatable bonds is 6. The average Bonchev–Trinajstić information content (AvgIpc) is 2.87. The van der Waals surface area contributed by atoms with Gasteiger partial charge in [-0.05, 0) is 44.0 Å². The smallest absolute Gasteiger partial charge is 0.226 e. The van der Waals surface area contributed by atoms with Crippen molar-refractivity contribution in [2.24, 2.45) is 5.73 Å².